The van der Waals surface area contributed by atoms with E-state index in [0.717, 1.165) is 55.4 Å². The minimum atomic E-state index is 0.256. The summed E-state index contributed by atoms with van der Waals surface area (Å²) >= 11 is 0. The van der Waals surface area contributed by atoms with E-state index >= 15 is 0 Å². The number of ether oxygens (including phenoxy) is 1. The predicted octanol–water partition coefficient (Wildman–Crippen LogP) is 1.32. The third-order valence-electron chi connectivity index (χ3n) is 3.63. The third-order valence-corrected chi connectivity index (χ3v) is 3.63. The van der Waals surface area contributed by atoms with Gasteiger partial charge in [-0.25, -0.2) is 9.97 Å². The summed E-state index contributed by atoms with van der Waals surface area (Å²) in [5, 5.41) is 3.57. The molecule has 2 heterocycles. The molecule has 1 aromatic heterocycles. The van der Waals surface area contributed by atoms with E-state index in [4.69, 9.17) is 4.74 Å². The molecule has 0 aliphatic carbocycles. The van der Waals surface area contributed by atoms with Crippen molar-refractivity contribution in [1.82, 2.24) is 20.2 Å². The van der Waals surface area contributed by atoms with Crippen LogP contribution >= 0.6 is 0 Å². The second kappa shape index (κ2) is 6.30. The molecule has 1 aliphatic rings. The normalized spacial score (nSPS) is 21.2. The van der Waals surface area contributed by atoms with Crippen molar-refractivity contribution in [3.63, 3.8) is 0 Å². The Kier molecular flexibility index (Phi) is 4.71. The van der Waals surface area contributed by atoms with Gasteiger partial charge in [0.05, 0.1) is 18.8 Å². The van der Waals surface area contributed by atoms with E-state index in [1.54, 1.807) is 7.11 Å². The van der Waals surface area contributed by atoms with Crippen LogP contribution in [0, 0.1) is 6.92 Å². The number of nitrogens with one attached hydrogen (secondary N) is 1. The van der Waals surface area contributed by atoms with Gasteiger partial charge in [-0.05, 0) is 33.4 Å². The molecule has 106 valence electrons. The molecule has 19 heavy (non-hydrogen) atoms. The highest BCUT2D eigenvalue weighted by atomic mass is 16.5. The van der Waals surface area contributed by atoms with Crippen LogP contribution in [0.3, 0.4) is 0 Å². The number of likely N-dealkylation sites (N-methyl/N-ethyl adjacent to an activating group) is 1. The first-order valence-electron chi connectivity index (χ1n) is 6.99. The standard InChI is InChI=1S/C14H24N4O/c1-5-11-14(19-4)13(17-10(2)16-11)12-6-8-18(3)9-7-15-12/h12,15H,5-9H2,1-4H3. The summed E-state index contributed by atoms with van der Waals surface area (Å²) in [6, 6.07) is 0.256. The summed E-state index contributed by atoms with van der Waals surface area (Å²) in [6.45, 7) is 7.18. The number of hydrogen-bond acceptors (Lipinski definition) is 5. The van der Waals surface area contributed by atoms with E-state index in [0.29, 0.717) is 0 Å². The highest BCUT2D eigenvalue weighted by molar-refractivity contribution is 5.35. The molecule has 1 unspecified atom stereocenters. The van der Waals surface area contributed by atoms with Crippen LogP contribution in [0.5, 0.6) is 5.75 Å². The van der Waals surface area contributed by atoms with Crippen LogP contribution in [-0.2, 0) is 6.42 Å². The Hall–Kier alpha value is -1.20. The first-order valence-corrected chi connectivity index (χ1v) is 6.99. The summed E-state index contributed by atoms with van der Waals surface area (Å²) in [4.78, 5) is 11.4. The predicted molar refractivity (Wildman–Crippen MR) is 75.6 cm³/mol. The monoisotopic (exact) mass is 264 g/mol. The molecular weight excluding hydrogens is 240 g/mol. The molecule has 5 nitrogen and oxygen atoms in total. The van der Waals surface area contributed by atoms with Gasteiger partial charge in [0.25, 0.3) is 0 Å². The van der Waals surface area contributed by atoms with E-state index < -0.39 is 0 Å². The van der Waals surface area contributed by atoms with Gasteiger partial charge in [-0.15, -0.1) is 0 Å². The zero-order valence-electron chi connectivity index (χ0n) is 12.4. The number of nitrogens with zero attached hydrogens (tertiary/aromatic N) is 3. The Morgan fingerprint density at radius 3 is 2.84 bits per heavy atom. The molecule has 1 N–H and O–H groups in total. The molecule has 2 rings (SSSR count). The minimum Gasteiger partial charge on any atom is -0.493 e. The van der Waals surface area contributed by atoms with Crippen molar-refractivity contribution in [3.8, 4) is 5.75 Å². The summed E-state index contributed by atoms with van der Waals surface area (Å²) in [7, 11) is 3.86. The van der Waals surface area contributed by atoms with E-state index in [2.05, 4.69) is 34.2 Å². The average molecular weight is 264 g/mol. The van der Waals surface area contributed by atoms with Gasteiger partial charge in [0.15, 0.2) is 5.75 Å². The highest BCUT2D eigenvalue weighted by Crippen LogP contribution is 2.29. The van der Waals surface area contributed by atoms with E-state index in [9.17, 15) is 0 Å². The third kappa shape index (κ3) is 3.22. The van der Waals surface area contributed by atoms with Crippen molar-refractivity contribution in [2.45, 2.75) is 32.7 Å². The molecular formula is C14H24N4O. The zero-order valence-corrected chi connectivity index (χ0v) is 12.4. The van der Waals surface area contributed by atoms with Gasteiger partial charge in [0.2, 0.25) is 0 Å². The molecule has 0 radical (unpaired) electrons. The molecule has 0 spiro atoms. The molecule has 0 saturated carbocycles. The molecule has 0 bridgehead atoms. The van der Waals surface area contributed by atoms with Crippen molar-refractivity contribution in [1.29, 1.82) is 0 Å². The van der Waals surface area contributed by atoms with Crippen LogP contribution in [0.2, 0.25) is 0 Å². The van der Waals surface area contributed by atoms with Gasteiger partial charge >= 0.3 is 0 Å². The lowest BCUT2D eigenvalue weighted by molar-refractivity contribution is 0.352. The van der Waals surface area contributed by atoms with Gasteiger partial charge in [-0.3, -0.25) is 0 Å². The van der Waals surface area contributed by atoms with Gasteiger partial charge in [0, 0.05) is 13.1 Å². The second-order valence-corrected chi connectivity index (χ2v) is 5.09. The fourth-order valence-electron chi connectivity index (χ4n) is 2.57. The molecule has 0 aromatic carbocycles. The molecule has 5 heteroatoms. The first-order chi connectivity index (χ1) is 9.15. The summed E-state index contributed by atoms with van der Waals surface area (Å²) in [6.07, 6.45) is 1.92. The van der Waals surface area contributed by atoms with E-state index in [1.807, 2.05) is 6.92 Å². The van der Waals surface area contributed by atoms with Crippen LogP contribution in [0.4, 0.5) is 0 Å². The van der Waals surface area contributed by atoms with Crippen molar-refractivity contribution < 1.29 is 4.74 Å². The summed E-state index contributed by atoms with van der Waals surface area (Å²) in [5.41, 5.74) is 2.02. The van der Waals surface area contributed by atoms with Gasteiger partial charge in [0.1, 0.15) is 11.5 Å². The fourth-order valence-corrected chi connectivity index (χ4v) is 2.57. The van der Waals surface area contributed by atoms with Crippen LogP contribution in [0.1, 0.15) is 36.6 Å². The maximum absolute atomic E-state index is 5.56. The minimum absolute atomic E-state index is 0.256. The highest BCUT2D eigenvalue weighted by Gasteiger charge is 2.23. The number of hydrogen-bond donors (Lipinski definition) is 1. The number of aryl methyl sites for hydroxylation is 2. The van der Waals surface area contributed by atoms with E-state index in [1.165, 1.54) is 0 Å². The quantitative estimate of drug-likeness (QED) is 0.892. The molecule has 1 aromatic rings. The number of aromatic nitrogens is 2. The maximum Gasteiger partial charge on any atom is 0.163 e. The average Bonchev–Trinajstić information content (AvgIpc) is 2.62. The second-order valence-electron chi connectivity index (χ2n) is 5.09. The Morgan fingerprint density at radius 1 is 1.37 bits per heavy atom. The fraction of sp³-hybridized carbons (Fsp3) is 0.714. The molecule has 1 atom stereocenters. The summed E-state index contributed by atoms with van der Waals surface area (Å²) < 4.78 is 5.56. The molecule has 0 amide bonds. The molecule has 1 saturated heterocycles. The summed E-state index contributed by atoms with van der Waals surface area (Å²) in [5.74, 6) is 1.68. The van der Waals surface area contributed by atoms with Gasteiger partial charge < -0.3 is 15.0 Å². The van der Waals surface area contributed by atoms with Crippen LogP contribution in [0.25, 0.3) is 0 Å². The van der Waals surface area contributed by atoms with Gasteiger partial charge in [-0.1, -0.05) is 6.92 Å². The topological polar surface area (TPSA) is 50.3 Å². The lowest BCUT2D eigenvalue weighted by Crippen LogP contribution is -2.26. The SMILES string of the molecule is CCc1nc(C)nc(C2CCN(C)CCN2)c1OC. The number of methoxy groups -OCH3 is 1. The van der Waals surface area contributed by atoms with Crippen molar-refractivity contribution >= 4 is 0 Å². The van der Waals surface area contributed by atoms with Crippen LogP contribution in [-0.4, -0.2) is 48.7 Å². The first kappa shape index (κ1) is 14.2. The van der Waals surface area contributed by atoms with E-state index in [-0.39, 0.29) is 6.04 Å². The van der Waals surface area contributed by atoms with Crippen LogP contribution < -0.4 is 10.1 Å². The van der Waals surface area contributed by atoms with Crippen molar-refractivity contribution in [2.24, 2.45) is 0 Å². The van der Waals surface area contributed by atoms with Crippen molar-refractivity contribution in [2.75, 3.05) is 33.8 Å². The zero-order chi connectivity index (χ0) is 13.8. The lowest BCUT2D eigenvalue weighted by Gasteiger charge is -2.20. The Balaban J connectivity index is 2.34. The Morgan fingerprint density at radius 2 is 2.16 bits per heavy atom. The van der Waals surface area contributed by atoms with Gasteiger partial charge in [-0.2, -0.15) is 0 Å². The largest absolute Gasteiger partial charge is 0.493 e. The van der Waals surface area contributed by atoms with Crippen molar-refractivity contribution in [3.05, 3.63) is 17.2 Å². The Labute approximate surface area is 115 Å². The Bertz CT molecular complexity index is 436. The lowest BCUT2D eigenvalue weighted by atomic mass is 10.1. The smallest absolute Gasteiger partial charge is 0.163 e. The van der Waals surface area contributed by atoms with Crippen LogP contribution in [0.15, 0.2) is 0 Å². The molecule has 1 aliphatic heterocycles. The number of rotatable bonds is 3. The molecule has 1 fully saturated rings. The maximum atomic E-state index is 5.56.